The van der Waals surface area contributed by atoms with Crippen molar-refractivity contribution in [3.05, 3.63) is 24.3 Å². The normalized spacial score (nSPS) is 11.3. The second-order valence-electron chi connectivity index (χ2n) is 3.43. The smallest absolute Gasteiger partial charge is 0.243 e. The number of hydrogen-bond donors (Lipinski definition) is 1. The minimum atomic E-state index is -3.51. The van der Waals surface area contributed by atoms with Crippen LogP contribution in [0.25, 0.3) is 0 Å². The Hall–Kier alpha value is -0.0400. The summed E-state index contributed by atoms with van der Waals surface area (Å²) in [5.41, 5.74) is 4.48. The van der Waals surface area contributed by atoms with Gasteiger partial charge >= 0.3 is 0 Å². The summed E-state index contributed by atoms with van der Waals surface area (Å²) in [6.45, 7) is 0.505. The summed E-state index contributed by atoms with van der Waals surface area (Å²) in [4.78, 5) is 0.236. The Labute approximate surface area is 124 Å². The highest BCUT2D eigenvalue weighted by atomic mass is 35.5. The second-order valence-corrected chi connectivity index (χ2v) is 6.12. The average molecular weight is 334 g/mol. The molecule has 104 valence electrons. The summed E-state index contributed by atoms with van der Waals surface area (Å²) in [5, 5.41) is 0. The Kier molecular flexibility index (Phi) is 8.18. The molecule has 0 amide bonds. The van der Waals surface area contributed by atoms with Gasteiger partial charge in [-0.2, -0.15) is 4.31 Å². The van der Waals surface area contributed by atoms with Crippen molar-refractivity contribution < 1.29 is 26.6 Å². The molecule has 8 heteroatoms. The van der Waals surface area contributed by atoms with Gasteiger partial charge < -0.3 is 18.1 Å². The lowest BCUT2D eigenvalue weighted by Crippen LogP contribution is -3.00. The molecule has 0 spiro atoms. The van der Waals surface area contributed by atoms with Gasteiger partial charge in [-0.25, -0.2) is 8.42 Å². The number of sulfonamides is 1. The zero-order valence-electron chi connectivity index (χ0n) is 9.65. The summed E-state index contributed by atoms with van der Waals surface area (Å²) >= 11 is 11.2. The van der Waals surface area contributed by atoms with Gasteiger partial charge in [0, 0.05) is 37.0 Å². The molecule has 0 unspecified atom stereocenters. The van der Waals surface area contributed by atoms with Crippen molar-refractivity contribution in [3.8, 4) is 0 Å². The molecule has 3 N–H and O–H groups in total. The lowest BCUT2D eigenvalue weighted by atomic mass is 10.3. The standard InChI is InChI=1S/C10H14Cl2N2O2S.ClH/c11-5-7-14(8-6-12)17(15,16)10-3-1-9(13)2-4-10;/h1-4H,5-8,13H2;1H. The SMILES string of the molecule is [Cl-].[NH3+]c1ccc(S(=O)(=O)N(CCCl)CCCl)cc1. The van der Waals surface area contributed by atoms with Crippen LogP contribution in [0.15, 0.2) is 29.2 Å². The lowest BCUT2D eigenvalue weighted by Gasteiger charge is -2.19. The molecule has 1 rings (SSSR count). The maximum absolute atomic E-state index is 12.2. The van der Waals surface area contributed by atoms with E-state index in [2.05, 4.69) is 5.73 Å². The fourth-order valence-corrected chi connectivity index (χ4v) is 3.40. The molecule has 0 aliphatic carbocycles. The first-order chi connectivity index (χ1) is 8.02. The summed E-state index contributed by atoms with van der Waals surface area (Å²) in [7, 11) is -3.51. The van der Waals surface area contributed by atoms with Crippen molar-refractivity contribution >= 4 is 38.9 Å². The van der Waals surface area contributed by atoms with Gasteiger partial charge in [0.15, 0.2) is 0 Å². The van der Waals surface area contributed by atoms with Gasteiger partial charge in [-0.05, 0) is 12.1 Å². The van der Waals surface area contributed by atoms with E-state index in [9.17, 15) is 8.42 Å². The van der Waals surface area contributed by atoms with Gasteiger partial charge in [-0.3, -0.25) is 0 Å². The summed E-state index contributed by atoms with van der Waals surface area (Å²) in [6.07, 6.45) is 0. The van der Waals surface area contributed by atoms with Gasteiger partial charge in [0.2, 0.25) is 10.0 Å². The van der Waals surface area contributed by atoms with Crippen LogP contribution in [0, 0.1) is 0 Å². The molecule has 0 heterocycles. The summed E-state index contributed by atoms with van der Waals surface area (Å²) < 4.78 is 25.7. The van der Waals surface area contributed by atoms with E-state index >= 15 is 0 Å². The minimum absolute atomic E-state index is 0. The molecule has 1 aromatic carbocycles. The highest BCUT2D eigenvalue weighted by Gasteiger charge is 2.23. The first-order valence-corrected chi connectivity index (χ1v) is 7.57. The predicted molar refractivity (Wildman–Crippen MR) is 69.2 cm³/mol. The fourth-order valence-electron chi connectivity index (χ4n) is 1.35. The van der Waals surface area contributed by atoms with Crippen LogP contribution >= 0.6 is 23.2 Å². The van der Waals surface area contributed by atoms with E-state index in [1.165, 1.54) is 16.4 Å². The van der Waals surface area contributed by atoms with E-state index < -0.39 is 10.0 Å². The molecule has 0 aliphatic rings. The minimum Gasteiger partial charge on any atom is -1.00 e. The summed E-state index contributed by atoms with van der Waals surface area (Å²) in [5.74, 6) is 0.479. The topological polar surface area (TPSA) is 65.0 Å². The number of hydrogen-bond acceptors (Lipinski definition) is 2. The van der Waals surface area contributed by atoms with Gasteiger partial charge in [0.1, 0.15) is 5.69 Å². The number of alkyl halides is 2. The van der Waals surface area contributed by atoms with Crippen molar-refractivity contribution in [2.45, 2.75) is 4.90 Å². The molecule has 0 atom stereocenters. The molecular formula is C10H15Cl3N2O2S. The molecule has 0 saturated carbocycles. The molecule has 0 aromatic heterocycles. The van der Waals surface area contributed by atoms with Gasteiger partial charge in [0.05, 0.1) is 4.90 Å². The first kappa shape index (κ1) is 18.0. The van der Waals surface area contributed by atoms with Crippen LogP contribution in [-0.2, 0) is 10.0 Å². The predicted octanol–water partition coefficient (Wildman–Crippen LogP) is -1.97. The van der Waals surface area contributed by atoms with Crippen LogP contribution < -0.4 is 18.1 Å². The third kappa shape index (κ3) is 4.57. The van der Waals surface area contributed by atoms with Crippen molar-refractivity contribution in [3.63, 3.8) is 0 Å². The van der Waals surface area contributed by atoms with Gasteiger partial charge in [-0.1, -0.05) is 0 Å². The van der Waals surface area contributed by atoms with E-state index in [0.29, 0.717) is 0 Å². The Morgan fingerprint density at radius 3 is 1.89 bits per heavy atom. The van der Waals surface area contributed by atoms with Gasteiger partial charge in [0.25, 0.3) is 0 Å². The van der Waals surface area contributed by atoms with Crippen LogP contribution in [0.5, 0.6) is 0 Å². The van der Waals surface area contributed by atoms with Crippen LogP contribution in [0.4, 0.5) is 5.69 Å². The van der Waals surface area contributed by atoms with Crippen molar-refractivity contribution in [2.24, 2.45) is 0 Å². The number of halogens is 3. The number of quaternary nitrogens is 1. The molecule has 1 aromatic rings. The fraction of sp³-hybridized carbons (Fsp3) is 0.400. The first-order valence-electron chi connectivity index (χ1n) is 5.06. The number of nitrogens with zero attached hydrogens (tertiary/aromatic N) is 1. The van der Waals surface area contributed by atoms with E-state index in [0.717, 1.165) is 5.69 Å². The molecule has 0 radical (unpaired) electrons. The third-order valence-electron chi connectivity index (χ3n) is 2.23. The largest absolute Gasteiger partial charge is 1.00 e. The Morgan fingerprint density at radius 2 is 1.50 bits per heavy atom. The van der Waals surface area contributed by atoms with E-state index in [1.807, 2.05) is 0 Å². The molecule has 0 saturated heterocycles. The monoisotopic (exact) mass is 332 g/mol. The highest BCUT2D eigenvalue weighted by molar-refractivity contribution is 7.89. The number of benzene rings is 1. The molecule has 0 fully saturated rings. The lowest BCUT2D eigenvalue weighted by molar-refractivity contribution is -0.254. The molecular weight excluding hydrogens is 319 g/mol. The van der Waals surface area contributed by atoms with Crippen LogP contribution in [0.2, 0.25) is 0 Å². The molecule has 0 aliphatic heterocycles. The zero-order valence-corrected chi connectivity index (χ0v) is 12.7. The molecule has 0 bridgehead atoms. The zero-order chi connectivity index (χ0) is 12.9. The Bertz CT molecular complexity index is 445. The highest BCUT2D eigenvalue weighted by Crippen LogP contribution is 2.16. The molecule has 4 nitrogen and oxygen atoms in total. The molecule has 18 heavy (non-hydrogen) atoms. The maximum atomic E-state index is 12.2. The van der Waals surface area contributed by atoms with Crippen LogP contribution in [0.1, 0.15) is 0 Å². The Morgan fingerprint density at radius 1 is 1.06 bits per heavy atom. The quantitative estimate of drug-likeness (QED) is 0.614. The van der Waals surface area contributed by atoms with E-state index in [1.54, 1.807) is 12.1 Å². The van der Waals surface area contributed by atoms with Crippen LogP contribution in [0.3, 0.4) is 0 Å². The van der Waals surface area contributed by atoms with Crippen molar-refractivity contribution in [1.82, 2.24) is 4.31 Å². The second kappa shape index (κ2) is 8.19. The van der Waals surface area contributed by atoms with Crippen LogP contribution in [-0.4, -0.2) is 37.6 Å². The van der Waals surface area contributed by atoms with E-state index in [-0.39, 0.29) is 42.2 Å². The van der Waals surface area contributed by atoms with E-state index in [4.69, 9.17) is 23.2 Å². The maximum Gasteiger partial charge on any atom is 0.243 e. The Balaban J connectivity index is 0.00000289. The van der Waals surface area contributed by atoms with Crippen molar-refractivity contribution in [1.29, 1.82) is 0 Å². The van der Waals surface area contributed by atoms with Gasteiger partial charge in [-0.15, -0.1) is 23.2 Å². The average Bonchev–Trinajstić information content (AvgIpc) is 2.29. The number of rotatable bonds is 6. The summed E-state index contributed by atoms with van der Waals surface area (Å²) in [6, 6.07) is 6.39. The third-order valence-corrected chi connectivity index (χ3v) is 4.48. The van der Waals surface area contributed by atoms with Crippen molar-refractivity contribution in [2.75, 3.05) is 24.8 Å².